The average Bonchev–Trinajstić information content (AvgIpc) is 3.32. The summed E-state index contributed by atoms with van der Waals surface area (Å²) in [6.45, 7) is 4.66. The fourth-order valence-corrected chi connectivity index (χ4v) is 3.61. The van der Waals surface area contributed by atoms with Gasteiger partial charge in [0, 0.05) is 42.7 Å². The number of nitrogens with zero attached hydrogens (tertiary/aromatic N) is 5. The van der Waals surface area contributed by atoms with Crippen LogP contribution in [0.4, 0.5) is 0 Å². The number of rotatable bonds is 5. The maximum Gasteiger partial charge on any atom is 0.337 e. The van der Waals surface area contributed by atoms with Gasteiger partial charge in [-0.15, -0.1) is 0 Å². The number of hydrogen-bond donors (Lipinski definition) is 1. The minimum Gasteiger partial charge on any atom is -0.478 e. The normalized spacial score (nSPS) is 17.3. The third-order valence-electron chi connectivity index (χ3n) is 4.91. The van der Waals surface area contributed by atoms with Gasteiger partial charge >= 0.3 is 5.97 Å². The molecule has 1 N–H and O–H groups in total. The minimum atomic E-state index is -0.954. The summed E-state index contributed by atoms with van der Waals surface area (Å²) < 4.78 is 1.64. The molecule has 1 fully saturated rings. The van der Waals surface area contributed by atoms with Crippen LogP contribution in [-0.4, -0.2) is 48.8 Å². The smallest absolute Gasteiger partial charge is 0.337 e. The lowest BCUT2D eigenvalue weighted by Crippen LogP contribution is -2.19. The number of benzene rings is 1. The zero-order valence-electron chi connectivity index (χ0n) is 15.1. The van der Waals surface area contributed by atoms with E-state index in [-0.39, 0.29) is 5.56 Å². The Morgan fingerprint density at radius 2 is 2.15 bits per heavy atom. The van der Waals surface area contributed by atoms with Gasteiger partial charge in [-0.3, -0.25) is 4.90 Å². The lowest BCUT2D eigenvalue weighted by molar-refractivity contribution is 0.0696. The quantitative estimate of drug-likeness (QED) is 0.750. The molecule has 1 aliphatic rings. The largest absolute Gasteiger partial charge is 0.478 e. The lowest BCUT2D eigenvalue weighted by Gasteiger charge is -2.14. The van der Waals surface area contributed by atoms with Crippen LogP contribution in [0, 0.1) is 6.92 Å². The highest BCUT2D eigenvalue weighted by atomic mass is 16.4. The number of para-hydroxylation sites is 1. The Hall–Kier alpha value is -3.06. The summed E-state index contributed by atoms with van der Waals surface area (Å²) >= 11 is 0. The third kappa shape index (κ3) is 3.73. The first kappa shape index (κ1) is 17.4. The number of aromatic carboxylic acids is 1. The van der Waals surface area contributed by atoms with Gasteiger partial charge in [0.05, 0.1) is 17.4 Å². The topological polar surface area (TPSA) is 84.1 Å². The number of carboxylic acids is 1. The van der Waals surface area contributed by atoms with Gasteiger partial charge in [0.2, 0.25) is 0 Å². The summed E-state index contributed by atoms with van der Waals surface area (Å²) in [6, 6.07) is 8.90. The first-order chi connectivity index (χ1) is 13.1. The Labute approximate surface area is 157 Å². The van der Waals surface area contributed by atoms with Crippen molar-refractivity contribution >= 4 is 5.97 Å². The van der Waals surface area contributed by atoms with Crippen LogP contribution < -0.4 is 0 Å². The van der Waals surface area contributed by atoms with Gasteiger partial charge in [-0.05, 0) is 38.1 Å². The van der Waals surface area contributed by atoms with Gasteiger partial charge in [-0.1, -0.05) is 12.1 Å². The second kappa shape index (κ2) is 7.28. The van der Waals surface area contributed by atoms with Gasteiger partial charge in [-0.25, -0.2) is 19.4 Å². The fourth-order valence-electron chi connectivity index (χ4n) is 3.61. The van der Waals surface area contributed by atoms with Gasteiger partial charge in [0.1, 0.15) is 5.82 Å². The van der Waals surface area contributed by atoms with Crippen molar-refractivity contribution in [3.8, 4) is 5.69 Å². The predicted molar refractivity (Wildman–Crippen MR) is 99.9 cm³/mol. The Kier molecular flexibility index (Phi) is 4.68. The first-order valence-corrected chi connectivity index (χ1v) is 8.98. The van der Waals surface area contributed by atoms with E-state index in [1.807, 2.05) is 31.5 Å². The number of carboxylic acid groups (broad SMARTS) is 1. The summed E-state index contributed by atoms with van der Waals surface area (Å²) in [6.07, 6.45) is 6.61. The maximum absolute atomic E-state index is 11.4. The van der Waals surface area contributed by atoms with Crippen molar-refractivity contribution in [3.05, 3.63) is 71.6 Å². The van der Waals surface area contributed by atoms with Crippen LogP contribution in [0.3, 0.4) is 0 Å². The molecular weight excluding hydrogens is 342 g/mol. The molecule has 3 heterocycles. The van der Waals surface area contributed by atoms with E-state index in [0.29, 0.717) is 11.6 Å². The van der Waals surface area contributed by atoms with E-state index in [1.54, 1.807) is 29.1 Å². The SMILES string of the molecule is Cc1nccc([C@@H]2CCN(Cc3cnn(-c4ccccc4C(=O)O)c3)C2)n1. The van der Waals surface area contributed by atoms with E-state index < -0.39 is 5.97 Å². The van der Waals surface area contributed by atoms with Crippen LogP contribution in [0.25, 0.3) is 5.69 Å². The minimum absolute atomic E-state index is 0.243. The van der Waals surface area contributed by atoms with E-state index in [1.165, 1.54) is 0 Å². The van der Waals surface area contributed by atoms with Crippen LogP contribution in [0.5, 0.6) is 0 Å². The monoisotopic (exact) mass is 363 g/mol. The molecule has 7 heteroatoms. The molecule has 1 atom stereocenters. The Morgan fingerprint density at radius 1 is 1.30 bits per heavy atom. The van der Waals surface area contributed by atoms with Crippen molar-refractivity contribution in [2.24, 2.45) is 0 Å². The molecule has 1 aromatic carbocycles. The molecule has 3 aromatic rings. The van der Waals surface area contributed by atoms with E-state index in [0.717, 1.165) is 43.1 Å². The molecular formula is C20H21N5O2. The Bertz CT molecular complexity index is 968. The highest BCUT2D eigenvalue weighted by Crippen LogP contribution is 2.27. The number of likely N-dealkylation sites (tertiary alicyclic amines) is 1. The van der Waals surface area contributed by atoms with Gasteiger partial charge in [-0.2, -0.15) is 5.10 Å². The zero-order chi connectivity index (χ0) is 18.8. The number of hydrogen-bond acceptors (Lipinski definition) is 5. The summed E-state index contributed by atoms with van der Waals surface area (Å²) in [4.78, 5) is 22.5. The van der Waals surface area contributed by atoms with Gasteiger partial charge < -0.3 is 5.11 Å². The average molecular weight is 363 g/mol. The molecule has 27 heavy (non-hydrogen) atoms. The summed E-state index contributed by atoms with van der Waals surface area (Å²) in [5.41, 5.74) is 2.99. The zero-order valence-corrected chi connectivity index (χ0v) is 15.1. The standard InChI is InChI=1S/C20H21N5O2/c1-14-21-8-6-18(23-14)16-7-9-24(13-16)11-15-10-22-25(12-15)19-5-3-2-4-17(19)20(26)27/h2-6,8,10,12,16H,7,9,11,13H2,1H3,(H,26,27)/t16-/m1/s1. The van der Waals surface area contributed by atoms with Crippen LogP contribution in [0.2, 0.25) is 0 Å². The molecule has 0 aliphatic carbocycles. The predicted octanol–water partition coefficient (Wildman–Crippen LogP) is 2.66. The van der Waals surface area contributed by atoms with E-state index >= 15 is 0 Å². The fraction of sp³-hybridized carbons (Fsp3) is 0.300. The second-order valence-electron chi connectivity index (χ2n) is 6.86. The van der Waals surface area contributed by atoms with Crippen molar-refractivity contribution < 1.29 is 9.90 Å². The highest BCUT2D eigenvalue weighted by molar-refractivity contribution is 5.91. The summed E-state index contributed by atoms with van der Waals surface area (Å²) in [7, 11) is 0. The molecule has 0 bridgehead atoms. The number of aromatic nitrogens is 4. The first-order valence-electron chi connectivity index (χ1n) is 8.98. The number of aryl methyl sites for hydroxylation is 1. The Balaban J connectivity index is 1.46. The van der Waals surface area contributed by atoms with Crippen LogP contribution >= 0.6 is 0 Å². The molecule has 0 saturated carbocycles. The van der Waals surface area contributed by atoms with Gasteiger partial charge in [0.15, 0.2) is 0 Å². The molecule has 0 amide bonds. The molecule has 0 unspecified atom stereocenters. The molecule has 138 valence electrons. The van der Waals surface area contributed by atoms with E-state index in [4.69, 9.17) is 0 Å². The van der Waals surface area contributed by atoms with Crippen LogP contribution in [0.1, 0.15) is 39.8 Å². The van der Waals surface area contributed by atoms with Crippen molar-refractivity contribution in [1.29, 1.82) is 0 Å². The van der Waals surface area contributed by atoms with Crippen molar-refractivity contribution in [3.63, 3.8) is 0 Å². The van der Waals surface area contributed by atoms with Gasteiger partial charge in [0.25, 0.3) is 0 Å². The summed E-state index contributed by atoms with van der Waals surface area (Å²) in [5.74, 6) is 0.281. The lowest BCUT2D eigenvalue weighted by atomic mass is 10.1. The molecule has 0 radical (unpaired) electrons. The molecule has 7 nitrogen and oxygen atoms in total. The molecule has 4 rings (SSSR count). The molecule has 1 aliphatic heterocycles. The summed E-state index contributed by atoms with van der Waals surface area (Å²) in [5, 5.41) is 13.7. The van der Waals surface area contributed by atoms with E-state index in [9.17, 15) is 9.90 Å². The maximum atomic E-state index is 11.4. The molecule has 2 aromatic heterocycles. The van der Waals surface area contributed by atoms with Crippen molar-refractivity contribution in [1.82, 2.24) is 24.6 Å². The third-order valence-corrected chi connectivity index (χ3v) is 4.91. The number of carbonyl (C=O) groups is 1. The van der Waals surface area contributed by atoms with E-state index in [2.05, 4.69) is 20.0 Å². The van der Waals surface area contributed by atoms with Crippen LogP contribution in [-0.2, 0) is 6.54 Å². The molecule has 0 spiro atoms. The van der Waals surface area contributed by atoms with Crippen molar-refractivity contribution in [2.75, 3.05) is 13.1 Å². The Morgan fingerprint density at radius 3 is 2.96 bits per heavy atom. The second-order valence-corrected chi connectivity index (χ2v) is 6.86. The highest BCUT2D eigenvalue weighted by Gasteiger charge is 2.25. The van der Waals surface area contributed by atoms with Crippen LogP contribution in [0.15, 0.2) is 48.9 Å². The van der Waals surface area contributed by atoms with Crippen molar-refractivity contribution in [2.45, 2.75) is 25.8 Å². The molecule has 1 saturated heterocycles.